The highest BCUT2D eigenvalue weighted by Crippen LogP contribution is 2.45. The van der Waals surface area contributed by atoms with E-state index in [9.17, 15) is 9.59 Å². The van der Waals surface area contributed by atoms with Gasteiger partial charge in [-0.15, -0.1) is 0 Å². The van der Waals surface area contributed by atoms with Crippen molar-refractivity contribution in [3.63, 3.8) is 0 Å². The first kappa shape index (κ1) is 19.6. The van der Waals surface area contributed by atoms with Crippen molar-refractivity contribution in [3.8, 4) is 22.5 Å². The molecule has 0 N–H and O–H groups in total. The van der Waals surface area contributed by atoms with Crippen LogP contribution in [0.2, 0.25) is 5.02 Å². The normalized spacial score (nSPS) is 11.5. The number of Topliss-reactive ketones (excluding diaryl/α,β-unsaturated/α-hetero) is 1. The Hall–Kier alpha value is -4.09. The number of carbonyl (C=O) groups excluding carboxylic acids is 2. The summed E-state index contributed by atoms with van der Waals surface area (Å²) < 4.78 is 5.24. The van der Waals surface area contributed by atoms with E-state index >= 15 is 0 Å². The van der Waals surface area contributed by atoms with E-state index < -0.39 is 5.97 Å². The van der Waals surface area contributed by atoms with Crippen molar-refractivity contribution in [3.05, 3.63) is 95.0 Å². The standard InChI is InChI=1S/C27H15ClN2O3/c28-18-10-7-15(8-11-18)23(31)14-33-27(32)17-9-12-21-22(13-17)30-26-20-6-2-4-16-3-1-5-19(24(16)20)25(26)29-21/h1-13H,14H2. The molecule has 33 heavy (non-hydrogen) atoms. The van der Waals surface area contributed by atoms with E-state index in [0.29, 0.717) is 27.2 Å². The second-order valence-corrected chi connectivity index (χ2v) is 8.28. The summed E-state index contributed by atoms with van der Waals surface area (Å²) in [4.78, 5) is 34.6. The first-order valence-corrected chi connectivity index (χ1v) is 10.8. The van der Waals surface area contributed by atoms with Crippen LogP contribution >= 0.6 is 11.6 Å². The van der Waals surface area contributed by atoms with Crippen LogP contribution in [0.15, 0.2) is 78.9 Å². The molecule has 1 aliphatic carbocycles. The SMILES string of the molecule is O=C(COC(=O)c1ccc2nc3c(nc2c1)-c1cccc2cccc-3c12)c1ccc(Cl)cc1. The van der Waals surface area contributed by atoms with Gasteiger partial charge in [0.1, 0.15) is 0 Å². The van der Waals surface area contributed by atoms with E-state index in [1.165, 1.54) is 0 Å². The van der Waals surface area contributed by atoms with E-state index in [0.717, 1.165) is 33.3 Å². The predicted molar refractivity (Wildman–Crippen MR) is 128 cm³/mol. The fourth-order valence-electron chi connectivity index (χ4n) is 4.23. The molecule has 1 heterocycles. The summed E-state index contributed by atoms with van der Waals surface area (Å²) in [5, 5.41) is 2.82. The van der Waals surface area contributed by atoms with Gasteiger partial charge in [-0.25, -0.2) is 14.8 Å². The summed E-state index contributed by atoms with van der Waals surface area (Å²) >= 11 is 5.85. The number of aromatic nitrogens is 2. The highest BCUT2D eigenvalue weighted by Gasteiger charge is 2.24. The lowest BCUT2D eigenvalue weighted by atomic mass is 10.0. The molecule has 1 aliphatic rings. The Morgan fingerprint density at radius 3 is 2.09 bits per heavy atom. The van der Waals surface area contributed by atoms with Crippen molar-refractivity contribution < 1.29 is 14.3 Å². The number of nitrogens with zero attached hydrogens (tertiary/aromatic N) is 2. The van der Waals surface area contributed by atoms with Crippen LogP contribution in [0.5, 0.6) is 0 Å². The number of esters is 1. The molecule has 0 radical (unpaired) electrons. The molecule has 0 fully saturated rings. The maximum atomic E-state index is 12.6. The zero-order valence-electron chi connectivity index (χ0n) is 17.2. The van der Waals surface area contributed by atoms with Gasteiger partial charge in [0, 0.05) is 27.1 Å². The molecule has 158 valence electrons. The maximum absolute atomic E-state index is 12.6. The second kappa shape index (κ2) is 7.50. The van der Waals surface area contributed by atoms with Crippen molar-refractivity contribution in [2.75, 3.05) is 6.61 Å². The van der Waals surface area contributed by atoms with Gasteiger partial charge in [-0.2, -0.15) is 0 Å². The molecule has 6 rings (SSSR count). The maximum Gasteiger partial charge on any atom is 0.338 e. The molecule has 0 amide bonds. The molecule has 4 aromatic carbocycles. The first-order chi connectivity index (χ1) is 16.1. The van der Waals surface area contributed by atoms with Crippen LogP contribution in [0.1, 0.15) is 20.7 Å². The molecule has 1 aromatic heterocycles. The van der Waals surface area contributed by atoms with E-state index in [1.54, 1.807) is 42.5 Å². The van der Waals surface area contributed by atoms with Gasteiger partial charge in [-0.05, 0) is 47.9 Å². The molecular weight excluding hydrogens is 436 g/mol. The minimum absolute atomic E-state index is 0.302. The average molecular weight is 451 g/mol. The van der Waals surface area contributed by atoms with Crippen LogP contribution in [0, 0.1) is 0 Å². The highest BCUT2D eigenvalue weighted by molar-refractivity contribution is 6.30. The van der Waals surface area contributed by atoms with E-state index in [-0.39, 0.29) is 12.4 Å². The van der Waals surface area contributed by atoms with Crippen LogP contribution in [0.4, 0.5) is 0 Å². The Morgan fingerprint density at radius 1 is 0.758 bits per heavy atom. The summed E-state index contributed by atoms with van der Waals surface area (Å²) in [6, 6.07) is 23.8. The lowest BCUT2D eigenvalue weighted by Gasteiger charge is -2.07. The van der Waals surface area contributed by atoms with Gasteiger partial charge in [0.2, 0.25) is 0 Å². The van der Waals surface area contributed by atoms with Crippen molar-refractivity contribution in [1.82, 2.24) is 9.97 Å². The summed E-state index contributed by atoms with van der Waals surface area (Å²) in [6.45, 7) is -0.355. The van der Waals surface area contributed by atoms with Crippen LogP contribution < -0.4 is 0 Å². The van der Waals surface area contributed by atoms with Gasteiger partial charge in [0.05, 0.1) is 28.0 Å². The Morgan fingerprint density at radius 2 is 1.39 bits per heavy atom. The van der Waals surface area contributed by atoms with Gasteiger partial charge in [-0.3, -0.25) is 4.79 Å². The number of ketones is 1. The quantitative estimate of drug-likeness (QED) is 0.239. The minimum Gasteiger partial charge on any atom is -0.454 e. The Balaban J connectivity index is 1.30. The third-order valence-corrected chi connectivity index (χ3v) is 6.07. The van der Waals surface area contributed by atoms with E-state index in [2.05, 4.69) is 18.2 Å². The Labute approximate surface area is 193 Å². The largest absolute Gasteiger partial charge is 0.454 e. The number of hydrogen-bond donors (Lipinski definition) is 0. The topological polar surface area (TPSA) is 69.2 Å². The second-order valence-electron chi connectivity index (χ2n) is 7.84. The lowest BCUT2D eigenvalue weighted by molar-refractivity contribution is 0.0475. The van der Waals surface area contributed by atoms with Gasteiger partial charge in [0.15, 0.2) is 12.4 Å². The summed E-state index contributed by atoms with van der Waals surface area (Å²) in [5.41, 5.74) is 5.78. The average Bonchev–Trinajstić information content (AvgIpc) is 3.16. The molecule has 5 nitrogen and oxygen atoms in total. The minimum atomic E-state index is -0.591. The van der Waals surface area contributed by atoms with Crippen molar-refractivity contribution >= 4 is 45.2 Å². The molecule has 0 atom stereocenters. The highest BCUT2D eigenvalue weighted by atomic mass is 35.5. The molecular formula is C27H15ClN2O3. The van der Waals surface area contributed by atoms with Crippen LogP contribution in [0.25, 0.3) is 44.3 Å². The summed E-state index contributed by atoms with van der Waals surface area (Å²) in [7, 11) is 0. The van der Waals surface area contributed by atoms with Crippen LogP contribution in [-0.2, 0) is 4.74 Å². The Kier molecular flexibility index (Phi) is 4.45. The van der Waals surface area contributed by atoms with Crippen molar-refractivity contribution in [2.24, 2.45) is 0 Å². The number of rotatable bonds is 4. The van der Waals surface area contributed by atoms with E-state index in [1.807, 2.05) is 18.2 Å². The molecule has 0 saturated heterocycles. The molecule has 0 saturated carbocycles. The van der Waals surface area contributed by atoms with Crippen LogP contribution in [0.3, 0.4) is 0 Å². The third kappa shape index (κ3) is 3.25. The number of halogens is 1. The number of carbonyl (C=O) groups is 2. The Bertz CT molecular complexity index is 1610. The number of ether oxygens (including phenoxy) is 1. The first-order valence-electron chi connectivity index (χ1n) is 10.4. The molecule has 0 aliphatic heterocycles. The zero-order chi connectivity index (χ0) is 22.5. The summed E-state index contributed by atoms with van der Waals surface area (Å²) in [5.74, 6) is -0.892. The zero-order valence-corrected chi connectivity index (χ0v) is 18.0. The monoisotopic (exact) mass is 450 g/mol. The molecule has 6 heteroatoms. The number of hydrogen-bond acceptors (Lipinski definition) is 5. The van der Waals surface area contributed by atoms with E-state index in [4.69, 9.17) is 26.3 Å². The molecule has 5 aromatic rings. The van der Waals surface area contributed by atoms with Crippen molar-refractivity contribution in [1.29, 1.82) is 0 Å². The summed E-state index contributed by atoms with van der Waals surface area (Å²) in [6.07, 6.45) is 0. The predicted octanol–water partition coefficient (Wildman–Crippen LogP) is 6.12. The van der Waals surface area contributed by atoms with Gasteiger partial charge < -0.3 is 4.74 Å². The molecule has 0 bridgehead atoms. The van der Waals surface area contributed by atoms with Gasteiger partial charge >= 0.3 is 5.97 Å². The van der Waals surface area contributed by atoms with Gasteiger partial charge in [0.25, 0.3) is 0 Å². The van der Waals surface area contributed by atoms with Crippen LogP contribution in [-0.4, -0.2) is 28.3 Å². The fourth-order valence-corrected chi connectivity index (χ4v) is 4.35. The lowest BCUT2D eigenvalue weighted by Crippen LogP contribution is -2.14. The molecule has 0 spiro atoms. The van der Waals surface area contributed by atoms with Gasteiger partial charge in [-0.1, -0.05) is 48.0 Å². The number of benzene rings is 4. The molecule has 0 unspecified atom stereocenters. The fraction of sp³-hybridized carbons (Fsp3) is 0.0370. The van der Waals surface area contributed by atoms with Crippen molar-refractivity contribution in [2.45, 2.75) is 0 Å². The smallest absolute Gasteiger partial charge is 0.338 e. The number of fused-ring (bicyclic) bond motifs is 4. The third-order valence-electron chi connectivity index (χ3n) is 5.82.